The maximum absolute atomic E-state index is 5.75. The van der Waals surface area contributed by atoms with Gasteiger partial charge >= 0.3 is 0 Å². The lowest BCUT2D eigenvalue weighted by Crippen LogP contribution is -2.49. The molecule has 2 rings (SSSR count). The molecule has 1 aromatic rings. The molecule has 1 aliphatic heterocycles. The number of hydrogen-bond acceptors (Lipinski definition) is 5. The molecule has 0 amide bonds. The molecule has 0 spiro atoms. The highest BCUT2D eigenvalue weighted by Crippen LogP contribution is 2.27. The lowest BCUT2D eigenvalue weighted by atomic mass is 10.2. The summed E-state index contributed by atoms with van der Waals surface area (Å²) < 4.78 is 11.3. The molecule has 106 valence electrons. The molecule has 2 unspecified atom stereocenters. The summed E-state index contributed by atoms with van der Waals surface area (Å²) in [6, 6.07) is 0.304. The molecule has 19 heavy (non-hydrogen) atoms. The van der Waals surface area contributed by atoms with Crippen molar-refractivity contribution in [3.63, 3.8) is 0 Å². The number of hydrogen-bond donors (Lipinski definition) is 0. The average molecular weight is 330 g/mol. The highest BCUT2D eigenvalue weighted by molar-refractivity contribution is 9.09. The highest BCUT2D eigenvalue weighted by Gasteiger charge is 2.28. The predicted octanol–water partition coefficient (Wildman–Crippen LogP) is 2.17. The van der Waals surface area contributed by atoms with Crippen molar-refractivity contribution in [2.24, 2.45) is 0 Å². The van der Waals surface area contributed by atoms with E-state index in [4.69, 9.17) is 9.47 Å². The van der Waals surface area contributed by atoms with Crippen molar-refractivity contribution in [3.05, 3.63) is 11.9 Å². The standard InChI is InChI=1S/C13H20BrN3O2/c1-4-18-13-10(3)12(15-8-16-13)17-6-11(5-14)19-7-9(17)2/h8-9,11H,4-7H2,1-3H3. The number of nitrogens with zero attached hydrogens (tertiary/aromatic N) is 3. The van der Waals surface area contributed by atoms with Crippen LogP contribution in [0.2, 0.25) is 0 Å². The Morgan fingerprint density at radius 3 is 3.00 bits per heavy atom. The molecule has 0 aliphatic carbocycles. The van der Waals surface area contributed by atoms with E-state index in [0.29, 0.717) is 25.1 Å². The first-order chi connectivity index (χ1) is 9.17. The second-order valence-corrected chi connectivity index (χ2v) is 5.32. The number of aromatic nitrogens is 2. The zero-order valence-corrected chi connectivity index (χ0v) is 13.2. The summed E-state index contributed by atoms with van der Waals surface area (Å²) in [5.74, 6) is 1.61. The van der Waals surface area contributed by atoms with Crippen LogP contribution in [-0.2, 0) is 4.74 Å². The van der Waals surface area contributed by atoms with Gasteiger partial charge in [0.1, 0.15) is 12.1 Å². The van der Waals surface area contributed by atoms with Gasteiger partial charge in [-0.3, -0.25) is 0 Å². The number of halogens is 1. The van der Waals surface area contributed by atoms with Gasteiger partial charge in [-0.2, -0.15) is 0 Å². The molecule has 0 aromatic carbocycles. The Kier molecular flexibility index (Phi) is 4.99. The van der Waals surface area contributed by atoms with Gasteiger partial charge in [-0.1, -0.05) is 15.9 Å². The minimum atomic E-state index is 0.195. The van der Waals surface area contributed by atoms with Crippen LogP contribution in [0.4, 0.5) is 5.82 Å². The molecule has 2 atom stereocenters. The predicted molar refractivity (Wildman–Crippen MR) is 78.3 cm³/mol. The van der Waals surface area contributed by atoms with E-state index in [9.17, 15) is 0 Å². The van der Waals surface area contributed by atoms with Crippen LogP contribution >= 0.6 is 15.9 Å². The maximum atomic E-state index is 5.75. The van der Waals surface area contributed by atoms with Gasteiger partial charge < -0.3 is 14.4 Å². The van der Waals surface area contributed by atoms with Crippen molar-refractivity contribution in [2.45, 2.75) is 32.9 Å². The third-order valence-corrected chi connectivity index (χ3v) is 3.96. The topological polar surface area (TPSA) is 47.5 Å². The molecule has 1 aliphatic rings. The van der Waals surface area contributed by atoms with Crippen LogP contribution < -0.4 is 9.64 Å². The summed E-state index contributed by atoms with van der Waals surface area (Å²) in [5, 5.41) is 0.832. The second kappa shape index (κ2) is 6.52. The Hall–Kier alpha value is -0.880. The van der Waals surface area contributed by atoms with Crippen molar-refractivity contribution in [1.82, 2.24) is 9.97 Å². The molecule has 1 aromatic heterocycles. The zero-order chi connectivity index (χ0) is 13.8. The lowest BCUT2D eigenvalue weighted by molar-refractivity contribution is 0.0375. The molecule has 0 radical (unpaired) electrons. The largest absolute Gasteiger partial charge is 0.478 e. The second-order valence-electron chi connectivity index (χ2n) is 4.67. The molecule has 2 heterocycles. The van der Waals surface area contributed by atoms with Crippen molar-refractivity contribution in [1.29, 1.82) is 0 Å². The molecule has 1 saturated heterocycles. The fourth-order valence-electron chi connectivity index (χ4n) is 2.20. The molecule has 0 saturated carbocycles. The van der Waals surface area contributed by atoms with Crippen LogP contribution in [0.25, 0.3) is 0 Å². The highest BCUT2D eigenvalue weighted by atomic mass is 79.9. The monoisotopic (exact) mass is 329 g/mol. The van der Waals surface area contributed by atoms with E-state index in [-0.39, 0.29) is 6.10 Å². The van der Waals surface area contributed by atoms with Gasteiger partial charge in [-0.15, -0.1) is 0 Å². The molecular weight excluding hydrogens is 310 g/mol. The number of alkyl halides is 1. The summed E-state index contributed by atoms with van der Waals surface area (Å²) in [6.07, 6.45) is 1.76. The van der Waals surface area contributed by atoms with Crippen molar-refractivity contribution >= 4 is 21.7 Å². The summed E-state index contributed by atoms with van der Waals surface area (Å²) in [7, 11) is 0. The van der Waals surface area contributed by atoms with Crippen molar-refractivity contribution in [2.75, 3.05) is 30.0 Å². The third kappa shape index (κ3) is 3.17. The third-order valence-electron chi connectivity index (χ3n) is 3.24. The summed E-state index contributed by atoms with van der Waals surface area (Å²) in [4.78, 5) is 10.9. The summed E-state index contributed by atoms with van der Waals surface area (Å²) >= 11 is 3.48. The molecule has 1 fully saturated rings. The summed E-state index contributed by atoms with van der Waals surface area (Å²) in [5.41, 5.74) is 0.992. The van der Waals surface area contributed by atoms with E-state index < -0.39 is 0 Å². The fourth-order valence-corrected chi connectivity index (χ4v) is 2.59. The zero-order valence-electron chi connectivity index (χ0n) is 11.6. The number of ether oxygens (including phenoxy) is 2. The molecule has 5 nitrogen and oxygen atoms in total. The van der Waals surface area contributed by atoms with Gasteiger partial charge in [0, 0.05) is 11.9 Å². The van der Waals surface area contributed by atoms with Gasteiger partial charge in [0.25, 0.3) is 0 Å². The minimum absolute atomic E-state index is 0.195. The Morgan fingerprint density at radius 2 is 2.32 bits per heavy atom. The van der Waals surface area contributed by atoms with Gasteiger partial charge in [-0.25, -0.2) is 9.97 Å². The number of morpholine rings is 1. The maximum Gasteiger partial charge on any atom is 0.221 e. The summed E-state index contributed by atoms with van der Waals surface area (Å²) in [6.45, 7) is 8.26. The van der Waals surface area contributed by atoms with E-state index in [1.807, 2.05) is 13.8 Å². The molecule has 0 N–H and O–H groups in total. The minimum Gasteiger partial charge on any atom is -0.478 e. The Balaban J connectivity index is 2.26. The number of anilines is 1. The van der Waals surface area contributed by atoms with E-state index >= 15 is 0 Å². The average Bonchev–Trinajstić information content (AvgIpc) is 2.42. The molecule has 0 bridgehead atoms. The van der Waals surface area contributed by atoms with Gasteiger partial charge in [0.2, 0.25) is 5.88 Å². The first kappa shape index (κ1) is 14.5. The van der Waals surface area contributed by atoms with Crippen LogP contribution in [-0.4, -0.2) is 47.2 Å². The van der Waals surface area contributed by atoms with Crippen molar-refractivity contribution in [3.8, 4) is 5.88 Å². The van der Waals surface area contributed by atoms with Crippen LogP contribution in [0.15, 0.2) is 6.33 Å². The number of rotatable bonds is 4. The van der Waals surface area contributed by atoms with Crippen LogP contribution in [0, 0.1) is 6.92 Å². The fraction of sp³-hybridized carbons (Fsp3) is 0.692. The smallest absolute Gasteiger partial charge is 0.221 e. The quantitative estimate of drug-likeness (QED) is 0.792. The molecular formula is C13H20BrN3O2. The van der Waals surface area contributed by atoms with Crippen LogP contribution in [0.5, 0.6) is 5.88 Å². The van der Waals surface area contributed by atoms with Crippen molar-refractivity contribution < 1.29 is 9.47 Å². The lowest BCUT2D eigenvalue weighted by Gasteiger charge is -2.39. The van der Waals surface area contributed by atoms with E-state index in [0.717, 1.165) is 23.3 Å². The Labute approximate surface area is 122 Å². The SMILES string of the molecule is CCOc1ncnc(N2CC(CBr)OCC2C)c1C. The van der Waals surface area contributed by atoms with E-state index in [1.165, 1.54) is 0 Å². The van der Waals surface area contributed by atoms with Gasteiger partial charge in [0.05, 0.1) is 30.9 Å². The first-order valence-corrected chi connectivity index (χ1v) is 7.68. The Morgan fingerprint density at radius 1 is 1.53 bits per heavy atom. The van der Waals surface area contributed by atoms with Gasteiger partial charge in [0.15, 0.2) is 0 Å². The van der Waals surface area contributed by atoms with Crippen LogP contribution in [0.1, 0.15) is 19.4 Å². The van der Waals surface area contributed by atoms with Crippen LogP contribution in [0.3, 0.4) is 0 Å². The van der Waals surface area contributed by atoms with Gasteiger partial charge in [-0.05, 0) is 20.8 Å². The molecule has 6 heteroatoms. The van der Waals surface area contributed by atoms with E-state index in [1.54, 1.807) is 6.33 Å². The van der Waals surface area contributed by atoms with E-state index in [2.05, 4.69) is 37.7 Å². The Bertz CT molecular complexity index is 430. The first-order valence-electron chi connectivity index (χ1n) is 6.56. The normalized spacial score (nSPS) is 23.5.